The van der Waals surface area contributed by atoms with Gasteiger partial charge in [-0.1, -0.05) is 18.2 Å². The molecule has 64 valence electrons. The van der Waals surface area contributed by atoms with Gasteiger partial charge >= 0.3 is 7.12 Å². The summed E-state index contributed by atoms with van der Waals surface area (Å²) in [7, 11) is -1.59. The molecule has 0 saturated heterocycles. The molecule has 0 bridgehead atoms. The Kier molecular flexibility index (Phi) is 2.53. The predicted octanol–water partition coefficient (Wildman–Crippen LogP) is -0.0817. The van der Waals surface area contributed by atoms with Gasteiger partial charge in [0.05, 0.1) is 12.1 Å². The SMILES string of the molecule is N#CC1(C#N)C=CC=C(B(O)O)C1. The van der Waals surface area contributed by atoms with Crippen LogP contribution >= 0.6 is 0 Å². The normalized spacial score (nSPS) is 18.3. The lowest BCUT2D eigenvalue weighted by Crippen LogP contribution is -2.24. The van der Waals surface area contributed by atoms with Crippen LogP contribution < -0.4 is 0 Å². The fourth-order valence-electron chi connectivity index (χ4n) is 1.13. The molecule has 0 aromatic heterocycles. The molecule has 0 aromatic rings. The van der Waals surface area contributed by atoms with E-state index in [1.54, 1.807) is 0 Å². The van der Waals surface area contributed by atoms with Gasteiger partial charge in [0.1, 0.15) is 0 Å². The summed E-state index contributed by atoms with van der Waals surface area (Å²) in [5.74, 6) is 0. The Morgan fingerprint density at radius 1 is 1.38 bits per heavy atom. The van der Waals surface area contributed by atoms with Crippen LogP contribution in [0, 0.1) is 28.1 Å². The molecule has 1 rings (SSSR count). The summed E-state index contributed by atoms with van der Waals surface area (Å²) in [5.41, 5.74) is -0.959. The van der Waals surface area contributed by atoms with Gasteiger partial charge in [0.25, 0.3) is 0 Å². The minimum Gasteiger partial charge on any atom is -0.423 e. The third kappa shape index (κ3) is 1.78. The van der Waals surface area contributed by atoms with Crippen molar-refractivity contribution in [1.29, 1.82) is 10.5 Å². The first kappa shape index (κ1) is 9.53. The highest BCUT2D eigenvalue weighted by Crippen LogP contribution is 2.30. The third-order valence-electron chi connectivity index (χ3n) is 1.90. The Labute approximate surface area is 76.2 Å². The van der Waals surface area contributed by atoms with Gasteiger partial charge in [-0.25, -0.2) is 0 Å². The smallest absolute Gasteiger partial charge is 0.423 e. The zero-order valence-electron chi connectivity index (χ0n) is 6.81. The predicted molar refractivity (Wildman–Crippen MR) is 45.7 cm³/mol. The summed E-state index contributed by atoms with van der Waals surface area (Å²) in [6.45, 7) is 0. The number of rotatable bonds is 1. The average Bonchev–Trinajstić information content (AvgIpc) is 2.18. The number of hydrogen-bond donors (Lipinski definition) is 2. The molecule has 0 unspecified atom stereocenters. The maximum absolute atomic E-state index is 8.83. The molecule has 2 N–H and O–H groups in total. The summed E-state index contributed by atoms with van der Waals surface area (Å²) in [6.07, 6.45) is 4.50. The first-order chi connectivity index (χ1) is 6.13. The van der Waals surface area contributed by atoms with E-state index < -0.39 is 12.5 Å². The van der Waals surface area contributed by atoms with E-state index in [0.29, 0.717) is 0 Å². The van der Waals surface area contributed by atoms with Gasteiger partial charge in [-0.3, -0.25) is 0 Å². The van der Waals surface area contributed by atoms with Crippen molar-refractivity contribution in [2.24, 2.45) is 5.41 Å². The van der Waals surface area contributed by atoms with E-state index >= 15 is 0 Å². The summed E-state index contributed by atoms with van der Waals surface area (Å²) in [4.78, 5) is 0. The van der Waals surface area contributed by atoms with E-state index in [4.69, 9.17) is 20.6 Å². The highest BCUT2D eigenvalue weighted by atomic mass is 16.4. The number of hydrogen-bond acceptors (Lipinski definition) is 4. The van der Waals surface area contributed by atoms with E-state index in [0.717, 1.165) is 0 Å². The molecular weight excluding hydrogens is 167 g/mol. The highest BCUT2D eigenvalue weighted by molar-refractivity contribution is 6.50. The molecule has 0 spiro atoms. The van der Waals surface area contributed by atoms with Crippen LogP contribution in [-0.4, -0.2) is 17.2 Å². The second-order valence-electron chi connectivity index (χ2n) is 2.85. The molecule has 1 aliphatic rings. The highest BCUT2D eigenvalue weighted by Gasteiger charge is 2.33. The Hall–Kier alpha value is -1.56. The molecular formula is C8H7BN2O2. The van der Waals surface area contributed by atoms with Crippen LogP contribution in [0.5, 0.6) is 0 Å². The van der Waals surface area contributed by atoms with Crippen molar-refractivity contribution in [2.75, 3.05) is 0 Å². The number of allylic oxidation sites excluding steroid dienone is 4. The minimum absolute atomic E-state index is 0.0498. The topological polar surface area (TPSA) is 88.0 Å². The first-order valence-corrected chi connectivity index (χ1v) is 3.70. The molecule has 0 amide bonds. The van der Waals surface area contributed by atoms with Gasteiger partial charge in [0.2, 0.25) is 0 Å². The van der Waals surface area contributed by atoms with Crippen LogP contribution in [0.2, 0.25) is 0 Å². The van der Waals surface area contributed by atoms with Crippen LogP contribution in [0.3, 0.4) is 0 Å². The van der Waals surface area contributed by atoms with Crippen LogP contribution in [0.15, 0.2) is 23.7 Å². The van der Waals surface area contributed by atoms with Gasteiger partial charge in [0.15, 0.2) is 5.41 Å². The lowest BCUT2D eigenvalue weighted by Gasteiger charge is -2.18. The van der Waals surface area contributed by atoms with Crippen molar-refractivity contribution in [3.63, 3.8) is 0 Å². The maximum Gasteiger partial charge on any atom is 0.484 e. The van der Waals surface area contributed by atoms with Gasteiger partial charge < -0.3 is 10.0 Å². The summed E-state index contributed by atoms with van der Waals surface area (Å²) in [6, 6.07) is 3.68. The average molecular weight is 174 g/mol. The Morgan fingerprint density at radius 3 is 2.46 bits per heavy atom. The third-order valence-corrected chi connectivity index (χ3v) is 1.90. The van der Waals surface area contributed by atoms with E-state index in [2.05, 4.69) is 0 Å². The largest absolute Gasteiger partial charge is 0.484 e. The van der Waals surface area contributed by atoms with E-state index in [1.807, 2.05) is 12.1 Å². The standard InChI is InChI=1S/C8H7BN2O2/c10-5-8(6-11)3-1-2-7(4-8)9(12)13/h1-3,12-13H,4H2. The second kappa shape index (κ2) is 3.45. The second-order valence-corrected chi connectivity index (χ2v) is 2.85. The van der Waals surface area contributed by atoms with Gasteiger partial charge in [-0.15, -0.1) is 0 Å². The van der Waals surface area contributed by atoms with Crippen molar-refractivity contribution in [3.05, 3.63) is 23.7 Å². The van der Waals surface area contributed by atoms with E-state index in [9.17, 15) is 0 Å². The summed E-state index contributed by atoms with van der Waals surface area (Å²) >= 11 is 0. The van der Waals surface area contributed by atoms with Crippen LogP contribution in [0.25, 0.3) is 0 Å². The van der Waals surface area contributed by atoms with Crippen molar-refractivity contribution in [3.8, 4) is 12.1 Å². The minimum atomic E-state index is -1.59. The summed E-state index contributed by atoms with van der Waals surface area (Å²) in [5, 5.41) is 35.1. The van der Waals surface area contributed by atoms with Crippen molar-refractivity contribution in [1.82, 2.24) is 0 Å². The van der Waals surface area contributed by atoms with E-state index in [1.165, 1.54) is 18.2 Å². The molecule has 0 saturated carbocycles. The lowest BCUT2D eigenvalue weighted by atomic mass is 9.67. The van der Waals surface area contributed by atoms with Crippen LogP contribution in [-0.2, 0) is 0 Å². The molecule has 5 heteroatoms. The fraction of sp³-hybridized carbons (Fsp3) is 0.250. The van der Waals surface area contributed by atoms with Crippen molar-refractivity contribution < 1.29 is 10.0 Å². The van der Waals surface area contributed by atoms with Gasteiger partial charge in [-0.2, -0.15) is 10.5 Å². The van der Waals surface area contributed by atoms with Gasteiger partial charge in [0, 0.05) is 6.42 Å². The lowest BCUT2D eigenvalue weighted by molar-refractivity contribution is 0.412. The van der Waals surface area contributed by atoms with E-state index in [-0.39, 0.29) is 11.9 Å². The maximum atomic E-state index is 8.83. The zero-order chi connectivity index (χ0) is 9.90. The van der Waals surface area contributed by atoms with Gasteiger partial charge in [-0.05, 0) is 5.47 Å². The quantitative estimate of drug-likeness (QED) is 0.544. The molecule has 0 heterocycles. The molecule has 0 atom stereocenters. The molecule has 0 radical (unpaired) electrons. The Balaban J connectivity index is 2.95. The molecule has 0 aromatic carbocycles. The summed E-state index contributed by atoms with van der Waals surface area (Å²) < 4.78 is 0. The van der Waals surface area contributed by atoms with Crippen molar-refractivity contribution >= 4 is 7.12 Å². The molecule has 4 nitrogen and oxygen atoms in total. The fourth-order valence-corrected chi connectivity index (χ4v) is 1.13. The van der Waals surface area contributed by atoms with Crippen LogP contribution in [0.1, 0.15) is 6.42 Å². The molecule has 13 heavy (non-hydrogen) atoms. The van der Waals surface area contributed by atoms with Crippen LogP contribution in [0.4, 0.5) is 0 Å². The molecule has 1 aliphatic carbocycles. The zero-order valence-corrected chi connectivity index (χ0v) is 6.81. The van der Waals surface area contributed by atoms with Crippen molar-refractivity contribution in [2.45, 2.75) is 6.42 Å². The number of nitrogens with zero attached hydrogens (tertiary/aromatic N) is 2. The molecule has 0 fully saturated rings. The Morgan fingerprint density at radius 2 is 2.00 bits per heavy atom. The Bertz CT molecular complexity index is 332. The first-order valence-electron chi connectivity index (χ1n) is 3.70. The number of nitriles is 2. The monoisotopic (exact) mass is 174 g/mol. The molecule has 0 aliphatic heterocycles.